The van der Waals surface area contributed by atoms with Gasteiger partial charge in [0.1, 0.15) is 28.5 Å². The van der Waals surface area contributed by atoms with E-state index in [0.717, 1.165) is 43.4 Å². The van der Waals surface area contributed by atoms with Crippen LogP contribution < -0.4 is 5.73 Å². The van der Waals surface area contributed by atoms with E-state index < -0.39 is 11.9 Å². The van der Waals surface area contributed by atoms with Crippen molar-refractivity contribution in [3.05, 3.63) is 75.8 Å². The van der Waals surface area contributed by atoms with Crippen molar-refractivity contribution in [2.45, 2.75) is 50.0 Å². The summed E-state index contributed by atoms with van der Waals surface area (Å²) in [4.78, 5) is 22.0. The van der Waals surface area contributed by atoms with Crippen molar-refractivity contribution in [2.75, 3.05) is 12.4 Å². The molecule has 0 aromatic carbocycles. The number of fused-ring (bicyclic) bond motifs is 1. The predicted molar refractivity (Wildman–Crippen MR) is 129 cm³/mol. The molecule has 8 nitrogen and oxygen atoms in total. The lowest BCUT2D eigenvalue weighted by atomic mass is 9.84. The molecule has 4 rings (SSSR count). The second-order valence-electron chi connectivity index (χ2n) is 8.18. The first-order valence-electron chi connectivity index (χ1n) is 11.5. The maximum absolute atomic E-state index is 13.1. The zero-order chi connectivity index (χ0) is 24.8. The average Bonchev–Trinajstić information content (AvgIpc) is 3.11. The van der Waals surface area contributed by atoms with E-state index in [-0.39, 0.29) is 35.1 Å². The van der Waals surface area contributed by atoms with Gasteiger partial charge in [0.15, 0.2) is 0 Å². The standard InChI is InChI=1S/C26H25N5O3S/c1-2-33-26(32)23-21(34-24(29)19(13-28)22(23)17-8-6-10-30-14-17)15-35-25-18(12-27)11-16-7-4-3-5-9-20(16)31-25/h6,8,10-11,14,22H,2-5,7,9,15,29H2,1H3/t22-/m0/s1. The van der Waals surface area contributed by atoms with E-state index in [2.05, 4.69) is 17.1 Å². The summed E-state index contributed by atoms with van der Waals surface area (Å²) in [5.74, 6) is -0.968. The number of nitrogens with two attached hydrogens (primary N) is 1. The van der Waals surface area contributed by atoms with Gasteiger partial charge in [-0.2, -0.15) is 10.5 Å². The molecule has 0 saturated heterocycles. The number of nitrogens with zero attached hydrogens (tertiary/aromatic N) is 4. The number of allylic oxidation sites excluding steroid dienone is 1. The quantitative estimate of drug-likeness (QED) is 0.364. The summed E-state index contributed by atoms with van der Waals surface area (Å²) in [5, 5.41) is 20.1. The van der Waals surface area contributed by atoms with E-state index in [1.54, 1.807) is 31.5 Å². The third-order valence-corrected chi connectivity index (χ3v) is 6.98. The first-order valence-corrected chi connectivity index (χ1v) is 12.5. The van der Waals surface area contributed by atoms with Gasteiger partial charge in [-0.25, -0.2) is 9.78 Å². The lowest BCUT2D eigenvalue weighted by molar-refractivity contribution is -0.139. The number of pyridine rings is 2. The second kappa shape index (κ2) is 11.1. The van der Waals surface area contributed by atoms with Crippen LogP contribution in [-0.4, -0.2) is 28.3 Å². The maximum Gasteiger partial charge on any atom is 0.338 e. The maximum atomic E-state index is 13.1. The van der Waals surface area contributed by atoms with Crippen molar-refractivity contribution in [3.8, 4) is 12.1 Å². The van der Waals surface area contributed by atoms with Gasteiger partial charge in [0, 0.05) is 18.1 Å². The highest BCUT2D eigenvalue weighted by molar-refractivity contribution is 7.99. The number of nitriles is 2. The van der Waals surface area contributed by atoms with Crippen LogP contribution in [0.5, 0.6) is 0 Å². The largest absolute Gasteiger partial charge is 0.463 e. The zero-order valence-electron chi connectivity index (χ0n) is 19.4. The molecule has 35 heavy (non-hydrogen) atoms. The van der Waals surface area contributed by atoms with Crippen molar-refractivity contribution >= 4 is 17.7 Å². The molecule has 2 aromatic rings. The van der Waals surface area contributed by atoms with Crippen molar-refractivity contribution in [1.82, 2.24) is 9.97 Å². The lowest BCUT2D eigenvalue weighted by Gasteiger charge is -2.27. The highest BCUT2D eigenvalue weighted by Gasteiger charge is 2.38. The predicted octanol–water partition coefficient (Wildman–Crippen LogP) is 4.03. The molecular formula is C26H25N5O3S. The number of thioether (sulfide) groups is 1. The molecule has 2 aromatic heterocycles. The Balaban J connectivity index is 1.74. The van der Waals surface area contributed by atoms with E-state index in [0.29, 0.717) is 16.2 Å². The SMILES string of the molecule is CCOC(=O)C1=C(CSc2nc3c(cc2C#N)CCCCC3)OC(N)=C(C#N)[C@@H]1c1cccnc1. The van der Waals surface area contributed by atoms with Crippen LogP contribution in [0.4, 0.5) is 0 Å². The Morgan fingerprint density at radius 1 is 1.29 bits per heavy atom. The molecule has 0 bridgehead atoms. The van der Waals surface area contributed by atoms with Gasteiger partial charge in [0.05, 0.1) is 29.4 Å². The van der Waals surface area contributed by atoms with E-state index in [1.807, 2.05) is 6.07 Å². The Labute approximate surface area is 208 Å². The van der Waals surface area contributed by atoms with Crippen LogP contribution in [0.2, 0.25) is 0 Å². The molecule has 0 amide bonds. The first-order chi connectivity index (χ1) is 17.1. The molecule has 0 unspecified atom stereocenters. The highest BCUT2D eigenvalue weighted by Crippen LogP contribution is 2.41. The van der Waals surface area contributed by atoms with Crippen LogP contribution in [0.1, 0.15) is 54.5 Å². The molecule has 1 atom stereocenters. The number of hydrogen-bond donors (Lipinski definition) is 1. The molecule has 178 valence electrons. The summed E-state index contributed by atoms with van der Waals surface area (Å²) in [6, 6.07) is 9.76. The topological polar surface area (TPSA) is 135 Å². The zero-order valence-corrected chi connectivity index (χ0v) is 20.2. The monoisotopic (exact) mass is 487 g/mol. The number of carbonyl (C=O) groups excluding carboxylic acids is 1. The summed E-state index contributed by atoms with van der Waals surface area (Å²) in [6.45, 7) is 1.87. The van der Waals surface area contributed by atoms with Gasteiger partial charge in [0.25, 0.3) is 0 Å². The third kappa shape index (κ3) is 5.16. The van der Waals surface area contributed by atoms with Gasteiger partial charge in [-0.3, -0.25) is 4.98 Å². The molecule has 3 heterocycles. The van der Waals surface area contributed by atoms with Gasteiger partial charge < -0.3 is 15.2 Å². The number of carbonyl (C=O) groups is 1. The molecule has 0 saturated carbocycles. The fourth-order valence-electron chi connectivity index (χ4n) is 4.35. The Morgan fingerprint density at radius 3 is 2.83 bits per heavy atom. The molecule has 0 radical (unpaired) electrons. The van der Waals surface area contributed by atoms with Crippen LogP contribution >= 0.6 is 11.8 Å². The Bertz CT molecular complexity index is 1270. The summed E-state index contributed by atoms with van der Waals surface area (Å²) in [6.07, 6.45) is 8.32. The Hall–Kier alpha value is -3.82. The minimum absolute atomic E-state index is 0.0691. The molecule has 1 aliphatic carbocycles. The van der Waals surface area contributed by atoms with Gasteiger partial charge in [-0.15, -0.1) is 0 Å². The van der Waals surface area contributed by atoms with Crippen LogP contribution in [-0.2, 0) is 27.1 Å². The van der Waals surface area contributed by atoms with Gasteiger partial charge >= 0.3 is 5.97 Å². The fourth-order valence-corrected chi connectivity index (χ4v) is 5.27. The average molecular weight is 488 g/mol. The normalized spacial score (nSPS) is 17.5. The molecular weight excluding hydrogens is 462 g/mol. The Kier molecular flexibility index (Phi) is 7.69. The molecule has 0 fully saturated rings. The number of ether oxygens (including phenoxy) is 2. The minimum Gasteiger partial charge on any atom is -0.463 e. The van der Waals surface area contributed by atoms with E-state index >= 15 is 0 Å². The molecule has 2 N–H and O–H groups in total. The summed E-state index contributed by atoms with van der Waals surface area (Å²) in [7, 11) is 0. The van der Waals surface area contributed by atoms with Crippen molar-refractivity contribution in [1.29, 1.82) is 10.5 Å². The smallest absolute Gasteiger partial charge is 0.338 e. The minimum atomic E-state index is -0.771. The lowest BCUT2D eigenvalue weighted by Crippen LogP contribution is -2.27. The molecule has 1 aliphatic heterocycles. The van der Waals surface area contributed by atoms with Gasteiger partial charge in [-0.05, 0) is 55.9 Å². The van der Waals surface area contributed by atoms with Crippen molar-refractivity contribution in [2.24, 2.45) is 5.73 Å². The van der Waals surface area contributed by atoms with Crippen molar-refractivity contribution < 1.29 is 14.3 Å². The van der Waals surface area contributed by atoms with Gasteiger partial charge in [-0.1, -0.05) is 24.2 Å². The van der Waals surface area contributed by atoms with E-state index in [9.17, 15) is 15.3 Å². The van der Waals surface area contributed by atoms with Crippen molar-refractivity contribution in [3.63, 3.8) is 0 Å². The summed E-state index contributed by atoms with van der Waals surface area (Å²) >= 11 is 1.30. The van der Waals surface area contributed by atoms with Gasteiger partial charge in [0.2, 0.25) is 5.88 Å². The summed E-state index contributed by atoms with van der Waals surface area (Å²) < 4.78 is 11.1. The summed E-state index contributed by atoms with van der Waals surface area (Å²) in [5.41, 5.74) is 9.72. The number of aryl methyl sites for hydroxylation is 2. The number of aromatic nitrogens is 2. The van der Waals surface area contributed by atoms with Crippen LogP contribution in [0.3, 0.4) is 0 Å². The fraction of sp³-hybridized carbons (Fsp3) is 0.346. The van der Waals surface area contributed by atoms with E-state index in [4.69, 9.17) is 20.2 Å². The van der Waals surface area contributed by atoms with Crippen LogP contribution in [0, 0.1) is 22.7 Å². The van der Waals surface area contributed by atoms with Crippen LogP contribution in [0.25, 0.3) is 0 Å². The molecule has 0 spiro atoms. The first kappa shape index (κ1) is 24.3. The van der Waals surface area contributed by atoms with E-state index in [1.165, 1.54) is 11.8 Å². The third-order valence-electron chi connectivity index (χ3n) is 5.99. The number of esters is 1. The number of hydrogen-bond acceptors (Lipinski definition) is 9. The molecule has 9 heteroatoms. The molecule has 2 aliphatic rings. The highest BCUT2D eigenvalue weighted by atomic mass is 32.2. The van der Waals surface area contributed by atoms with Crippen LogP contribution in [0.15, 0.2) is 58.4 Å². The second-order valence-corrected chi connectivity index (χ2v) is 9.14. The number of rotatable bonds is 6. The Morgan fingerprint density at radius 2 is 2.11 bits per heavy atom.